The van der Waals surface area contributed by atoms with E-state index in [4.69, 9.17) is 9.47 Å². The highest BCUT2D eigenvalue weighted by Crippen LogP contribution is 2.22. The van der Waals surface area contributed by atoms with Gasteiger partial charge in [-0.15, -0.1) is 0 Å². The predicted octanol–water partition coefficient (Wildman–Crippen LogP) is 2.98. The van der Waals surface area contributed by atoms with E-state index in [-0.39, 0.29) is 22.8 Å². The highest BCUT2D eigenvalue weighted by Gasteiger charge is 2.27. The number of nitrogens with zero attached hydrogens (tertiary/aromatic N) is 1. The number of sulfonamides is 1. The standard InChI is InChI=1S/C19H20FNO5S/c1-25-18-9-4-14(12-17(18)20)13-26-19(22)15-5-7-16(8-6-15)27(23,24)21-10-2-3-11-21/h4-9,12H,2-3,10-11,13H2,1H3. The molecule has 1 saturated heterocycles. The molecule has 0 unspecified atom stereocenters. The smallest absolute Gasteiger partial charge is 0.338 e. The molecular formula is C19H20FNO5S. The maximum absolute atomic E-state index is 13.7. The first-order valence-electron chi connectivity index (χ1n) is 8.51. The molecule has 0 amide bonds. The molecule has 2 aromatic carbocycles. The second-order valence-corrected chi connectivity index (χ2v) is 8.12. The van der Waals surface area contributed by atoms with Crippen LogP contribution in [0.1, 0.15) is 28.8 Å². The average molecular weight is 393 g/mol. The third-order valence-electron chi connectivity index (χ3n) is 4.38. The minimum Gasteiger partial charge on any atom is -0.494 e. The number of benzene rings is 2. The second kappa shape index (κ2) is 8.06. The van der Waals surface area contributed by atoms with Crippen molar-refractivity contribution in [1.29, 1.82) is 0 Å². The molecule has 27 heavy (non-hydrogen) atoms. The van der Waals surface area contributed by atoms with Crippen molar-refractivity contribution in [2.45, 2.75) is 24.3 Å². The first-order valence-corrected chi connectivity index (χ1v) is 9.95. The number of halogens is 1. The summed E-state index contributed by atoms with van der Waals surface area (Å²) in [5, 5.41) is 0. The number of methoxy groups -OCH3 is 1. The third kappa shape index (κ3) is 4.28. The molecule has 0 radical (unpaired) electrons. The van der Waals surface area contributed by atoms with Gasteiger partial charge in [0.1, 0.15) is 6.61 Å². The van der Waals surface area contributed by atoms with E-state index in [1.807, 2.05) is 0 Å². The van der Waals surface area contributed by atoms with E-state index in [2.05, 4.69) is 0 Å². The van der Waals surface area contributed by atoms with Crippen molar-refractivity contribution >= 4 is 16.0 Å². The molecule has 0 N–H and O–H groups in total. The van der Waals surface area contributed by atoms with Crippen LogP contribution in [0.25, 0.3) is 0 Å². The van der Waals surface area contributed by atoms with Crippen molar-refractivity contribution in [1.82, 2.24) is 4.31 Å². The Morgan fingerprint density at radius 1 is 1.11 bits per heavy atom. The maximum atomic E-state index is 13.7. The van der Waals surface area contributed by atoms with Crippen LogP contribution in [-0.2, 0) is 21.4 Å². The summed E-state index contributed by atoms with van der Waals surface area (Å²) in [6, 6.07) is 9.92. The summed E-state index contributed by atoms with van der Waals surface area (Å²) < 4.78 is 50.0. The Morgan fingerprint density at radius 3 is 2.37 bits per heavy atom. The van der Waals surface area contributed by atoms with Gasteiger partial charge in [0.05, 0.1) is 17.6 Å². The summed E-state index contributed by atoms with van der Waals surface area (Å²) in [5.41, 5.74) is 0.708. The van der Waals surface area contributed by atoms with E-state index < -0.39 is 21.8 Å². The molecule has 2 aromatic rings. The number of ether oxygens (including phenoxy) is 2. The van der Waals surface area contributed by atoms with Gasteiger partial charge in [-0.1, -0.05) is 6.07 Å². The normalized spacial score (nSPS) is 14.9. The quantitative estimate of drug-likeness (QED) is 0.706. The van der Waals surface area contributed by atoms with E-state index in [0.29, 0.717) is 18.7 Å². The van der Waals surface area contributed by atoms with Gasteiger partial charge in [-0.2, -0.15) is 4.31 Å². The van der Waals surface area contributed by atoms with Crippen molar-refractivity contribution in [3.8, 4) is 5.75 Å². The Kier molecular flexibility index (Phi) is 5.76. The fourth-order valence-corrected chi connectivity index (χ4v) is 4.39. The number of rotatable bonds is 6. The zero-order valence-corrected chi connectivity index (χ0v) is 15.7. The van der Waals surface area contributed by atoms with E-state index >= 15 is 0 Å². The molecule has 1 fully saturated rings. The van der Waals surface area contributed by atoms with Crippen LogP contribution in [0.3, 0.4) is 0 Å². The number of carbonyl (C=O) groups is 1. The van der Waals surface area contributed by atoms with Crippen LogP contribution < -0.4 is 4.74 Å². The van der Waals surface area contributed by atoms with Crippen LogP contribution >= 0.6 is 0 Å². The molecule has 0 saturated carbocycles. The molecule has 0 bridgehead atoms. The van der Waals surface area contributed by atoms with Crippen LogP contribution in [0.4, 0.5) is 4.39 Å². The molecule has 1 aliphatic heterocycles. The lowest BCUT2D eigenvalue weighted by atomic mass is 10.2. The minimum absolute atomic E-state index is 0.104. The summed E-state index contributed by atoms with van der Waals surface area (Å²) in [5.74, 6) is -1.04. The van der Waals surface area contributed by atoms with E-state index in [9.17, 15) is 17.6 Å². The van der Waals surface area contributed by atoms with Gasteiger partial charge in [-0.3, -0.25) is 0 Å². The Balaban J connectivity index is 1.64. The Bertz CT molecular complexity index is 922. The molecule has 0 spiro atoms. The van der Waals surface area contributed by atoms with Crippen LogP contribution in [0, 0.1) is 5.82 Å². The van der Waals surface area contributed by atoms with Crippen molar-refractivity contribution in [2.75, 3.05) is 20.2 Å². The number of hydrogen-bond acceptors (Lipinski definition) is 5. The molecule has 3 rings (SSSR count). The fraction of sp³-hybridized carbons (Fsp3) is 0.316. The monoisotopic (exact) mass is 393 g/mol. The zero-order chi connectivity index (χ0) is 19.4. The first-order chi connectivity index (χ1) is 12.9. The lowest BCUT2D eigenvalue weighted by Crippen LogP contribution is -2.27. The zero-order valence-electron chi connectivity index (χ0n) is 14.9. The summed E-state index contributed by atoms with van der Waals surface area (Å²) in [6.45, 7) is 0.933. The summed E-state index contributed by atoms with van der Waals surface area (Å²) in [4.78, 5) is 12.3. The molecular weight excluding hydrogens is 373 g/mol. The van der Waals surface area contributed by atoms with Gasteiger partial charge in [-0.05, 0) is 54.8 Å². The third-order valence-corrected chi connectivity index (χ3v) is 6.29. The molecule has 0 aromatic heterocycles. The Morgan fingerprint density at radius 2 is 1.78 bits per heavy atom. The van der Waals surface area contributed by atoms with Gasteiger partial charge in [0.25, 0.3) is 0 Å². The first kappa shape index (κ1) is 19.3. The SMILES string of the molecule is COc1ccc(COC(=O)c2ccc(S(=O)(=O)N3CCCC3)cc2)cc1F. The molecule has 0 aliphatic carbocycles. The summed E-state index contributed by atoms with van der Waals surface area (Å²) in [6.07, 6.45) is 1.71. The Hall–Kier alpha value is -2.45. The number of hydrogen-bond donors (Lipinski definition) is 0. The van der Waals surface area contributed by atoms with Crippen molar-refractivity contribution in [3.05, 3.63) is 59.4 Å². The van der Waals surface area contributed by atoms with Gasteiger partial charge in [-0.25, -0.2) is 17.6 Å². The minimum atomic E-state index is -3.52. The van der Waals surface area contributed by atoms with E-state index in [0.717, 1.165) is 12.8 Å². The predicted molar refractivity (Wildman–Crippen MR) is 96.5 cm³/mol. The van der Waals surface area contributed by atoms with Crippen LogP contribution in [-0.4, -0.2) is 38.9 Å². The molecule has 0 atom stereocenters. The maximum Gasteiger partial charge on any atom is 0.338 e. The highest BCUT2D eigenvalue weighted by atomic mass is 32.2. The van der Waals surface area contributed by atoms with Gasteiger partial charge >= 0.3 is 5.97 Å². The van der Waals surface area contributed by atoms with Crippen molar-refractivity contribution < 1.29 is 27.1 Å². The lowest BCUT2D eigenvalue weighted by molar-refractivity contribution is 0.0472. The van der Waals surface area contributed by atoms with Crippen molar-refractivity contribution in [2.24, 2.45) is 0 Å². The second-order valence-electron chi connectivity index (χ2n) is 6.18. The molecule has 1 aliphatic rings. The van der Waals surface area contributed by atoms with Crippen LogP contribution in [0.5, 0.6) is 5.75 Å². The number of carbonyl (C=O) groups excluding carboxylic acids is 1. The summed E-state index contributed by atoms with van der Waals surface area (Å²) >= 11 is 0. The summed E-state index contributed by atoms with van der Waals surface area (Å²) in [7, 11) is -2.15. The van der Waals surface area contributed by atoms with Crippen LogP contribution in [0.15, 0.2) is 47.4 Å². The number of esters is 1. The van der Waals surface area contributed by atoms with Gasteiger partial charge < -0.3 is 9.47 Å². The largest absolute Gasteiger partial charge is 0.494 e. The van der Waals surface area contributed by atoms with Gasteiger partial charge in [0.15, 0.2) is 11.6 Å². The van der Waals surface area contributed by atoms with E-state index in [1.165, 1.54) is 47.8 Å². The van der Waals surface area contributed by atoms with Crippen molar-refractivity contribution in [3.63, 3.8) is 0 Å². The van der Waals surface area contributed by atoms with Crippen LogP contribution in [0.2, 0.25) is 0 Å². The fourth-order valence-electron chi connectivity index (χ4n) is 2.87. The molecule has 6 nitrogen and oxygen atoms in total. The topological polar surface area (TPSA) is 72.9 Å². The molecule has 144 valence electrons. The van der Waals surface area contributed by atoms with Gasteiger partial charge in [0, 0.05) is 13.1 Å². The highest BCUT2D eigenvalue weighted by molar-refractivity contribution is 7.89. The van der Waals surface area contributed by atoms with Gasteiger partial charge in [0.2, 0.25) is 10.0 Å². The molecule has 1 heterocycles. The Labute approximate surface area is 157 Å². The molecule has 8 heteroatoms. The average Bonchev–Trinajstić information content (AvgIpc) is 3.22. The lowest BCUT2D eigenvalue weighted by Gasteiger charge is -2.15. The van der Waals surface area contributed by atoms with E-state index in [1.54, 1.807) is 6.07 Å².